The first kappa shape index (κ1) is 16.1. The number of rotatable bonds is 3. The van der Waals surface area contributed by atoms with E-state index >= 15 is 0 Å². The minimum absolute atomic E-state index is 0.0254. The van der Waals surface area contributed by atoms with E-state index in [1.807, 2.05) is 6.92 Å². The highest BCUT2D eigenvalue weighted by Crippen LogP contribution is 2.40. The van der Waals surface area contributed by atoms with Crippen LogP contribution in [0.1, 0.15) is 42.4 Å². The number of H-pyrrole nitrogens is 1. The fraction of sp³-hybridized carbons (Fsp3) is 0.444. The molecule has 132 valence electrons. The molecule has 1 aromatic carbocycles. The normalized spacial score (nSPS) is 17.5. The van der Waals surface area contributed by atoms with Gasteiger partial charge in [-0.05, 0) is 32.9 Å². The van der Waals surface area contributed by atoms with Crippen LogP contribution in [0.2, 0.25) is 0 Å². The standard InChI is InChI=1S/C18H22FN5O/c1-9(2)23-7-18(4,8-23)14-10(3)22-24-15-12(16(20)25)5-11(19)6-13(15)21-17(14)24/h5-6,9,21H,7-8H2,1-4H3,(H2,20,25). The minimum atomic E-state index is -0.666. The first-order chi connectivity index (χ1) is 11.7. The van der Waals surface area contributed by atoms with Crippen molar-refractivity contribution < 1.29 is 9.18 Å². The molecule has 0 saturated carbocycles. The van der Waals surface area contributed by atoms with Gasteiger partial charge in [-0.3, -0.25) is 9.69 Å². The Morgan fingerprint density at radius 1 is 1.40 bits per heavy atom. The number of nitrogens with zero attached hydrogens (tertiary/aromatic N) is 3. The van der Waals surface area contributed by atoms with E-state index in [9.17, 15) is 9.18 Å². The average molecular weight is 343 g/mol. The van der Waals surface area contributed by atoms with Crippen LogP contribution in [-0.2, 0) is 5.41 Å². The molecule has 0 bridgehead atoms. The number of hydrogen-bond donors (Lipinski definition) is 2. The summed E-state index contributed by atoms with van der Waals surface area (Å²) in [7, 11) is 0. The number of nitrogens with one attached hydrogen (secondary N) is 1. The fourth-order valence-electron chi connectivity index (χ4n) is 4.14. The Morgan fingerprint density at radius 2 is 2.08 bits per heavy atom. The highest BCUT2D eigenvalue weighted by atomic mass is 19.1. The van der Waals surface area contributed by atoms with Crippen molar-refractivity contribution in [3.8, 4) is 0 Å². The Morgan fingerprint density at radius 3 is 2.68 bits per heavy atom. The molecule has 4 rings (SSSR count). The number of amides is 1. The molecule has 25 heavy (non-hydrogen) atoms. The zero-order chi connectivity index (χ0) is 18.1. The molecule has 1 aliphatic rings. The Balaban J connectivity index is 1.95. The van der Waals surface area contributed by atoms with Gasteiger partial charge in [-0.15, -0.1) is 0 Å². The molecular weight excluding hydrogens is 321 g/mol. The maximum absolute atomic E-state index is 13.9. The Hall–Kier alpha value is -2.41. The molecule has 0 spiro atoms. The molecule has 0 radical (unpaired) electrons. The molecular formula is C18H22FN5O. The van der Waals surface area contributed by atoms with Gasteiger partial charge in [0.1, 0.15) is 17.0 Å². The quantitative estimate of drug-likeness (QED) is 0.766. The monoisotopic (exact) mass is 343 g/mol. The summed E-state index contributed by atoms with van der Waals surface area (Å²) in [6.07, 6.45) is 0. The average Bonchev–Trinajstić information content (AvgIpc) is 2.96. The van der Waals surface area contributed by atoms with Crippen LogP contribution in [0.15, 0.2) is 12.1 Å². The summed E-state index contributed by atoms with van der Waals surface area (Å²) in [5.74, 6) is -1.16. The largest absolute Gasteiger partial charge is 0.366 e. The molecule has 1 aliphatic heterocycles. The predicted octanol–water partition coefficient (Wildman–Crippen LogP) is 2.34. The maximum Gasteiger partial charge on any atom is 0.251 e. The molecule has 0 atom stereocenters. The second kappa shape index (κ2) is 5.05. The summed E-state index contributed by atoms with van der Waals surface area (Å²) in [5.41, 5.74) is 9.47. The SMILES string of the molecule is Cc1nn2c([nH]c3cc(F)cc(C(N)=O)c32)c1C1(C)CN(C(C)C)C1. The highest BCUT2D eigenvalue weighted by molar-refractivity contribution is 6.05. The molecule has 1 saturated heterocycles. The van der Waals surface area contributed by atoms with Gasteiger partial charge in [0.25, 0.3) is 5.91 Å². The van der Waals surface area contributed by atoms with Crippen molar-refractivity contribution in [1.29, 1.82) is 0 Å². The number of imidazole rings is 1. The summed E-state index contributed by atoms with van der Waals surface area (Å²) in [4.78, 5) is 17.4. The number of likely N-dealkylation sites (tertiary alicyclic amines) is 1. The second-order valence-electron chi connectivity index (χ2n) is 7.62. The van der Waals surface area contributed by atoms with Gasteiger partial charge in [0.05, 0.1) is 16.8 Å². The number of carbonyl (C=O) groups is 1. The first-order valence-electron chi connectivity index (χ1n) is 8.46. The summed E-state index contributed by atoms with van der Waals surface area (Å²) in [6, 6.07) is 3.04. The van der Waals surface area contributed by atoms with Crippen LogP contribution >= 0.6 is 0 Å². The van der Waals surface area contributed by atoms with Crippen molar-refractivity contribution in [3.63, 3.8) is 0 Å². The number of halogens is 1. The van der Waals surface area contributed by atoms with E-state index in [1.54, 1.807) is 4.52 Å². The second-order valence-corrected chi connectivity index (χ2v) is 7.62. The summed E-state index contributed by atoms with van der Waals surface area (Å²) in [6.45, 7) is 10.4. The number of hydrogen-bond acceptors (Lipinski definition) is 3. The molecule has 0 aliphatic carbocycles. The van der Waals surface area contributed by atoms with E-state index in [0.29, 0.717) is 17.1 Å². The van der Waals surface area contributed by atoms with Crippen molar-refractivity contribution in [2.75, 3.05) is 13.1 Å². The molecule has 3 N–H and O–H groups in total. The Labute approximate surface area is 144 Å². The zero-order valence-corrected chi connectivity index (χ0v) is 14.9. The highest BCUT2D eigenvalue weighted by Gasteiger charge is 2.44. The van der Waals surface area contributed by atoms with E-state index in [4.69, 9.17) is 5.73 Å². The lowest BCUT2D eigenvalue weighted by Gasteiger charge is -2.50. The van der Waals surface area contributed by atoms with Crippen LogP contribution < -0.4 is 5.73 Å². The van der Waals surface area contributed by atoms with Crippen molar-refractivity contribution in [3.05, 3.63) is 34.8 Å². The first-order valence-corrected chi connectivity index (χ1v) is 8.46. The Kier molecular flexibility index (Phi) is 3.25. The molecule has 3 aromatic rings. The van der Waals surface area contributed by atoms with Crippen molar-refractivity contribution >= 4 is 22.6 Å². The van der Waals surface area contributed by atoms with E-state index in [2.05, 4.69) is 35.8 Å². The molecule has 7 heteroatoms. The van der Waals surface area contributed by atoms with Crippen LogP contribution in [0.5, 0.6) is 0 Å². The summed E-state index contributed by atoms with van der Waals surface area (Å²) < 4.78 is 15.6. The number of benzene rings is 1. The van der Waals surface area contributed by atoms with Crippen LogP contribution in [0.3, 0.4) is 0 Å². The van der Waals surface area contributed by atoms with E-state index < -0.39 is 11.7 Å². The number of aromatic nitrogens is 3. The summed E-state index contributed by atoms with van der Waals surface area (Å²) >= 11 is 0. The number of aromatic amines is 1. The molecule has 0 unspecified atom stereocenters. The van der Waals surface area contributed by atoms with Crippen LogP contribution in [-0.4, -0.2) is 44.5 Å². The van der Waals surface area contributed by atoms with Gasteiger partial charge in [-0.1, -0.05) is 6.92 Å². The van der Waals surface area contributed by atoms with Crippen molar-refractivity contribution in [2.45, 2.75) is 39.2 Å². The maximum atomic E-state index is 13.9. The number of nitrogens with two attached hydrogens (primary N) is 1. The predicted molar refractivity (Wildman–Crippen MR) is 94.3 cm³/mol. The van der Waals surface area contributed by atoms with Crippen LogP contribution in [0.25, 0.3) is 16.7 Å². The molecule has 2 aromatic heterocycles. The van der Waals surface area contributed by atoms with Gasteiger partial charge < -0.3 is 10.7 Å². The zero-order valence-electron chi connectivity index (χ0n) is 14.9. The van der Waals surface area contributed by atoms with Gasteiger partial charge in [0.15, 0.2) is 0 Å². The van der Waals surface area contributed by atoms with Gasteiger partial charge in [0.2, 0.25) is 0 Å². The third kappa shape index (κ3) is 2.18. The third-order valence-electron chi connectivity index (χ3n) is 5.30. The number of fused-ring (bicyclic) bond motifs is 3. The molecule has 1 amide bonds. The Bertz CT molecular complexity index is 1010. The molecule has 6 nitrogen and oxygen atoms in total. The summed E-state index contributed by atoms with van der Waals surface area (Å²) in [5, 5.41) is 4.63. The fourth-order valence-corrected chi connectivity index (χ4v) is 4.14. The van der Waals surface area contributed by atoms with Crippen molar-refractivity contribution in [2.24, 2.45) is 5.73 Å². The molecule has 1 fully saturated rings. The van der Waals surface area contributed by atoms with Crippen molar-refractivity contribution in [1.82, 2.24) is 19.5 Å². The minimum Gasteiger partial charge on any atom is -0.366 e. The third-order valence-corrected chi connectivity index (χ3v) is 5.30. The lowest BCUT2D eigenvalue weighted by molar-refractivity contribution is 0.0484. The van der Waals surface area contributed by atoms with Crippen LogP contribution in [0, 0.1) is 12.7 Å². The number of carbonyl (C=O) groups excluding carboxylic acids is 1. The van der Waals surface area contributed by atoms with Crippen LogP contribution in [0.4, 0.5) is 4.39 Å². The van der Waals surface area contributed by atoms with Gasteiger partial charge >= 0.3 is 0 Å². The van der Waals surface area contributed by atoms with E-state index in [1.165, 1.54) is 12.1 Å². The van der Waals surface area contributed by atoms with E-state index in [0.717, 1.165) is 30.0 Å². The topological polar surface area (TPSA) is 79.4 Å². The van der Waals surface area contributed by atoms with Gasteiger partial charge in [0, 0.05) is 30.1 Å². The number of aryl methyl sites for hydroxylation is 1. The van der Waals surface area contributed by atoms with E-state index in [-0.39, 0.29) is 11.0 Å². The smallest absolute Gasteiger partial charge is 0.251 e. The lowest BCUT2D eigenvalue weighted by atomic mass is 9.75. The van der Waals surface area contributed by atoms with Gasteiger partial charge in [-0.2, -0.15) is 5.10 Å². The number of primary amides is 1. The lowest BCUT2D eigenvalue weighted by Crippen LogP contribution is -2.60. The molecule has 3 heterocycles. The van der Waals surface area contributed by atoms with Gasteiger partial charge in [-0.25, -0.2) is 8.91 Å².